The first-order chi connectivity index (χ1) is 10.3. The van der Waals surface area contributed by atoms with Crippen molar-refractivity contribution < 1.29 is 4.52 Å². The molecule has 1 saturated carbocycles. The SMILES string of the molecule is CCCNC1CCCC1c1nc(-c2cccc(Br)c2)no1. The molecular formula is C16H20BrN3O. The molecule has 1 aliphatic rings. The summed E-state index contributed by atoms with van der Waals surface area (Å²) in [6.07, 6.45) is 4.69. The maximum Gasteiger partial charge on any atom is 0.231 e. The van der Waals surface area contributed by atoms with Crippen molar-refractivity contribution in [3.8, 4) is 11.4 Å². The fourth-order valence-electron chi connectivity index (χ4n) is 2.96. The molecule has 5 heteroatoms. The highest BCUT2D eigenvalue weighted by Crippen LogP contribution is 2.34. The second-order valence-electron chi connectivity index (χ2n) is 5.56. The Morgan fingerprint density at radius 1 is 1.38 bits per heavy atom. The fraction of sp³-hybridized carbons (Fsp3) is 0.500. The Morgan fingerprint density at radius 3 is 3.10 bits per heavy atom. The van der Waals surface area contributed by atoms with Crippen LogP contribution in [0.1, 0.15) is 44.4 Å². The number of nitrogens with zero attached hydrogens (tertiary/aromatic N) is 2. The van der Waals surface area contributed by atoms with Crippen molar-refractivity contribution in [3.05, 3.63) is 34.6 Å². The molecular weight excluding hydrogens is 330 g/mol. The van der Waals surface area contributed by atoms with Gasteiger partial charge in [0, 0.05) is 16.1 Å². The summed E-state index contributed by atoms with van der Waals surface area (Å²) >= 11 is 3.47. The van der Waals surface area contributed by atoms with Gasteiger partial charge in [0.15, 0.2) is 0 Å². The van der Waals surface area contributed by atoms with Crippen molar-refractivity contribution in [1.82, 2.24) is 15.5 Å². The van der Waals surface area contributed by atoms with Crippen LogP contribution in [0.25, 0.3) is 11.4 Å². The van der Waals surface area contributed by atoms with Crippen molar-refractivity contribution in [2.75, 3.05) is 6.54 Å². The topological polar surface area (TPSA) is 51.0 Å². The Balaban J connectivity index is 1.78. The predicted octanol–water partition coefficient (Wildman–Crippen LogP) is 4.13. The Kier molecular flexibility index (Phi) is 4.70. The zero-order chi connectivity index (χ0) is 14.7. The van der Waals surface area contributed by atoms with E-state index in [4.69, 9.17) is 4.52 Å². The van der Waals surface area contributed by atoms with Crippen molar-refractivity contribution >= 4 is 15.9 Å². The smallest absolute Gasteiger partial charge is 0.231 e. The molecule has 2 unspecified atom stereocenters. The van der Waals surface area contributed by atoms with Gasteiger partial charge in [-0.1, -0.05) is 46.6 Å². The summed E-state index contributed by atoms with van der Waals surface area (Å²) in [5.41, 5.74) is 0.982. The normalized spacial score (nSPS) is 21.8. The summed E-state index contributed by atoms with van der Waals surface area (Å²) in [4.78, 5) is 4.62. The van der Waals surface area contributed by atoms with E-state index in [1.54, 1.807) is 0 Å². The summed E-state index contributed by atoms with van der Waals surface area (Å²) in [6.45, 7) is 3.24. The van der Waals surface area contributed by atoms with Crippen molar-refractivity contribution in [3.63, 3.8) is 0 Å². The van der Waals surface area contributed by atoms with E-state index in [0.29, 0.717) is 17.8 Å². The molecule has 112 valence electrons. The second-order valence-corrected chi connectivity index (χ2v) is 6.48. The van der Waals surface area contributed by atoms with Crippen LogP contribution in [-0.4, -0.2) is 22.7 Å². The standard InChI is InChI=1S/C16H20BrN3O/c1-2-9-18-14-8-4-7-13(14)16-19-15(20-21-16)11-5-3-6-12(17)10-11/h3,5-6,10,13-14,18H,2,4,7-9H2,1H3. The number of rotatable bonds is 5. The molecule has 0 saturated heterocycles. The molecule has 3 rings (SSSR count). The first-order valence-electron chi connectivity index (χ1n) is 7.61. The highest BCUT2D eigenvalue weighted by Gasteiger charge is 2.32. The van der Waals surface area contributed by atoms with E-state index >= 15 is 0 Å². The van der Waals surface area contributed by atoms with Gasteiger partial charge >= 0.3 is 0 Å². The van der Waals surface area contributed by atoms with E-state index in [-0.39, 0.29) is 0 Å². The van der Waals surface area contributed by atoms with Gasteiger partial charge in [-0.15, -0.1) is 0 Å². The first-order valence-corrected chi connectivity index (χ1v) is 8.40. The molecule has 1 N–H and O–H groups in total. The van der Waals surface area contributed by atoms with E-state index < -0.39 is 0 Å². The predicted molar refractivity (Wildman–Crippen MR) is 86.1 cm³/mol. The van der Waals surface area contributed by atoms with Crippen molar-refractivity contribution in [2.24, 2.45) is 0 Å². The molecule has 1 heterocycles. The van der Waals surface area contributed by atoms with Gasteiger partial charge in [0.25, 0.3) is 0 Å². The zero-order valence-corrected chi connectivity index (χ0v) is 13.8. The van der Waals surface area contributed by atoms with Crippen molar-refractivity contribution in [1.29, 1.82) is 0 Å². The third-order valence-corrected chi connectivity index (χ3v) is 4.51. The van der Waals surface area contributed by atoms with E-state index in [9.17, 15) is 0 Å². The Labute approximate surface area is 133 Å². The summed E-state index contributed by atoms with van der Waals surface area (Å²) in [7, 11) is 0. The molecule has 21 heavy (non-hydrogen) atoms. The summed E-state index contributed by atoms with van der Waals surface area (Å²) < 4.78 is 6.56. The van der Waals surface area contributed by atoms with Gasteiger partial charge in [-0.25, -0.2) is 0 Å². The fourth-order valence-corrected chi connectivity index (χ4v) is 3.36. The third kappa shape index (κ3) is 3.35. The molecule has 0 bridgehead atoms. The number of nitrogens with one attached hydrogen (secondary N) is 1. The van der Waals surface area contributed by atoms with E-state index in [0.717, 1.165) is 35.3 Å². The lowest BCUT2D eigenvalue weighted by molar-refractivity contribution is 0.330. The number of hydrogen-bond donors (Lipinski definition) is 1. The molecule has 4 nitrogen and oxygen atoms in total. The van der Waals surface area contributed by atoms with Crippen LogP contribution >= 0.6 is 15.9 Å². The molecule has 0 amide bonds. The van der Waals surface area contributed by atoms with Crippen LogP contribution < -0.4 is 5.32 Å². The molecule has 0 aliphatic heterocycles. The number of hydrogen-bond acceptors (Lipinski definition) is 4. The van der Waals surface area contributed by atoms with Crippen LogP contribution in [0.3, 0.4) is 0 Å². The largest absolute Gasteiger partial charge is 0.339 e. The average Bonchev–Trinajstić information content (AvgIpc) is 3.13. The van der Waals surface area contributed by atoms with E-state index in [1.165, 1.54) is 12.8 Å². The Bertz CT molecular complexity index is 599. The molecule has 1 aromatic carbocycles. The summed E-state index contributed by atoms with van der Waals surface area (Å²) in [5, 5.41) is 7.75. The van der Waals surface area contributed by atoms with Crippen molar-refractivity contribution in [2.45, 2.75) is 44.6 Å². The summed E-state index contributed by atoms with van der Waals surface area (Å²) in [6, 6.07) is 8.46. The van der Waals surface area contributed by atoms with E-state index in [1.807, 2.05) is 24.3 Å². The number of aromatic nitrogens is 2. The monoisotopic (exact) mass is 349 g/mol. The van der Waals surface area contributed by atoms with Gasteiger partial charge in [0.1, 0.15) is 0 Å². The van der Waals surface area contributed by atoms with Gasteiger partial charge in [0.2, 0.25) is 11.7 Å². The molecule has 1 aliphatic carbocycles. The lowest BCUT2D eigenvalue weighted by Gasteiger charge is -2.17. The van der Waals surface area contributed by atoms with Crippen LogP contribution in [-0.2, 0) is 0 Å². The molecule has 2 aromatic rings. The highest BCUT2D eigenvalue weighted by atomic mass is 79.9. The third-order valence-electron chi connectivity index (χ3n) is 4.01. The van der Waals surface area contributed by atoms with Gasteiger partial charge in [-0.05, 0) is 37.9 Å². The van der Waals surface area contributed by atoms with Gasteiger partial charge < -0.3 is 9.84 Å². The van der Waals surface area contributed by atoms with Gasteiger partial charge in [-0.2, -0.15) is 4.98 Å². The molecule has 1 aromatic heterocycles. The lowest BCUT2D eigenvalue weighted by Crippen LogP contribution is -2.31. The first kappa shape index (κ1) is 14.7. The highest BCUT2D eigenvalue weighted by molar-refractivity contribution is 9.10. The van der Waals surface area contributed by atoms with Crippen LogP contribution in [0.2, 0.25) is 0 Å². The zero-order valence-electron chi connectivity index (χ0n) is 12.2. The van der Waals surface area contributed by atoms with E-state index in [2.05, 4.69) is 38.3 Å². The lowest BCUT2D eigenvalue weighted by atomic mass is 10.0. The minimum Gasteiger partial charge on any atom is -0.339 e. The van der Waals surface area contributed by atoms with Crippen LogP contribution in [0.5, 0.6) is 0 Å². The molecule has 2 atom stereocenters. The van der Waals surface area contributed by atoms with Crippen LogP contribution in [0.15, 0.2) is 33.3 Å². The molecule has 0 spiro atoms. The van der Waals surface area contributed by atoms with Crippen LogP contribution in [0, 0.1) is 0 Å². The molecule has 1 fully saturated rings. The Hall–Kier alpha value is -1.20. The van der Waals surface area contributed by atoms with Gasteiger partial charge in [-0.3, -0.25) is 0 Å². The number of benzene rings is 1. The minimum absolute atomic E-state index is 0.352. The average molecular weight is 350 g/mol. The van der Waals surface area contributed by atoms with Gasteiger partial charge in [0.05, 0.1) is 5.92 Å². The molecule has 0 radical (unpaired) electrons. The Morgan fingerprint density at radius 2 is 2.29 bits per heavy atom. The second kappa shape index (κ2) is 6.71. The quantitative estimate of drug-likeness (QED) is 0.881. The van der Waals surface area contributed by atoms with Crippen LogP contribution in [0.4, 0.5) is 0 Å². The minimum atomic E-state index is 0.352. The number of halogens is 1. The maximum atomic E-state index is 5.54. The maximum absolute atomic E-state index is 5.54. The summed E-state index contributed by atoms with van der Waals surface area (Å²) in [5.74, 6) is 1.80.